The maximum Gasteiger partial charge on any atom is 0.295 e. The summed E-state index contributed by atoms with van der Waals surface area (Å²) < 4.78 is 18.6. The molecule has 1 atom stereocenters. The molecule has 0 aromatic rings. The van der Waals surface area contributed by atoms with E-state index in [1.54, 1.807) is 0 Å². The summed E-state index contributed by atoms with van der Waals surface area (Å²) >= 11 is 4.89. The number of ether oxygens (including phenoxy) is 3. The number of hydrogen-bond donors (Lipinski definition) is 1. The van der Waals surface area contributed by atoms with Crippen molar-refractivity contribution in [2.45, 2.75) is 122 Å². The maximum absolute atomic E-state index is 6.20. The van der Waals surface area contributed by atoms with Gasteiger partial charge in [0.25, 0.3) is 5.97 Å². The van der Waals surface area contributed by atoms with Gasteiger partial charge in [0.15, 0.2) is 0 Å². The molecule has 0 heterocycles. The second-order valence-corrected chi connectivity index (χ2v) is 7.91. The molecule has 0 amide bonds. The van der Waals surface area contributed by atoms with Crippen LogP contribution in [0, 0.1) is 0 Å². The third kappa shape index (κ3) is 12.6. The Kier molecular flexibility index (Phi) is 18.8. The largest absolute Gasteiger partial charge is 0.327 e. The quantitative estimate of drug-likeness (QED) is 0.136. The number of thiol groups is 1. The predicted molar refractivity (Wildman–Crippen MR) is 116 cm³/mol. The molecule has 0 saturated heterocycles. The van der Waals surface area contributed by atoms with E-state index in [0.717, 1.165) is 51.4 Å². The molecule has 0 saturated carbocycles. The topological polar surface area (TPSA) is 27.7 Å². The molecule has 0 aromatic carbocycles. The Morgan fingerprint density at radius 1 is 0.577 bits per heavy atom. The Morgan fingerprint density at radius 3 is 1.38 bits per heavy atom. The lowest BCUT2D eigenvalue weighted by Gasteiger charge is -2.37. The Bertz CT molecular complexity index is 260. The molecule has 0 radical (unpaired) electrons. The SMILES string of the molecule is CCCCCCCCC(S)C(OCCCC)(OCCCC)OCCCC. The molecule has 0 bridgehead atoms. The number of hydrogen-bond acceptors (Lipinski definition) is 4. The van der Waals surface area contributed by atoms with Crippen molar-refractivity contribution in [3.8, 4) is 0 Å². The molecule has 4 heteroatoms. The molecule has 0 aliphatic heterocycles. The predicted octanol–water partition coefficient (Wildman–Crippen LogP) is 7.14. The van der Waals surface area contributed by atoms with Crippen LogP contribution in [0.4, 0.5) is 0 Å². The molecule has 0 aliphatic rings. The first kappa shape index (κ1) is 26.2. The van der Waals surface area contributed by atoms with Crippen molar-refractivity contribution in [1.82, 2.24) is 0 Å². The summed E-state index contributed by atoms with van der Waals surface area (Å²) in [6, 6.07) is 0. The number of rotatable bonds is 20. The maximum atomic E-state index is 6.20. The van der Waals surface area contributed by atoms with E-state index in [9.17, 15) is 0 Å². The van der Waals surface area contributed by atoms with Crippen molar-refractivity contribution in [1.29, 1.82) is 0 Å². The van der Waals surface area contributed by atoms with Gasteiger partial charge in [-0.05, 0) is 25.7 Å². The summed E-state index contributed by atoms with van der Waals surface area (Å²) in [5, 5.41) is -0.0424. The smallest absolute Gasteiger partial charge is 0.295 e. The summed E-state index contributed by atoms with van der Waals surface area (Å²) in [5.41, 5.74) is 0. The van der Waals surface area contributed by atoms with Crippen LogP contribution in [0.25, 0.3) is 0 Å². The minimum absolute atomic E-state index is 0.0424. The first-order valence-corrected chi connectivity index (χ1v) is 11.8. The van der Waals surface area contributed by atoms with Crippen molar-refractivity contribution in [3.05, 3.63) is 0 Å². The molecule has 158 valence electrons. The van der Waals surface area contributed by atoms with Crippen molar-refractivity contribution in [2.24, 2.45) is 0 Å². The lowest BCUT2D eigenvalue weighted by Crippen LogP contribution is -2.48. The molecule has 26 heavy (non-hydrogen) atoms. The van der Waals surface area contributed by atoms with E-state index in [-0.39, 0.29) is 5.25 Å². The van der Waals surface area contributed by atoms with Crippen molar-refractivity contribution in [3.63, 3.8) is 0 Å². The van der Waals surface area contributed by atoms with Gasteiger partial charge in [0.05, 0.1) is 25.1 Å². The summed E-state index contributed by atoms with van der Waals surface area (Å²) in [5.74, 6) is -0.980. The molecule has 0 aliphatic carbocycles. The second-order valence-electron chi connectivity index (χ2n) is 7.28. The van der Waals surface area contributed by atoms with E-state index < -0.39 is 5.97 Å². The minimum Gasteiger partial charge on any atom is -0.327 e. The van der Waals surface area contributed by atoms with Crippen LogP contribution in [-0.4, -0.2) is 31.0 Å². The third-order valence-corrected chi connectivity index (χ3v) is 5.22. The van der Waals surface area contributed by atoms with Gasteiger partial charge in [-0.2, -0.15) is 12.6 Å². The van der Waals surface area contributed by atoms with Crippen LogP contribution in [0.5, 0.6) is 0 Å². The molecule has 0 fully saturated rings. The zero-order chi connectivity index (χ0) is 19.5. The van der Waals surface area contributed by atoms with E-state index in [2.05, 4.69) is 27.7 Å². The fourth-order valence-electron chi connectivity index (χ4n) is 2.78. The Labute approximate surface area is 169 Å². The molecule has 3 nitrogen and oxygen atoms in total. The van der Waals surface area contributed by atoms with Crippen molar-refractivity contribution in [2.75, 3.05) is 19.8 Å². The van der Waals surface area contributed by atoms with Gasteiger partial charge in [-0.25, -0.2) is 0 Å². The van der Waals surface area contributed by atoms with Gasteiger partial charge in [0, 0.05) is 0 Å². The summed E-state index contributed by atoms with van der Waals surface area (Å²) in [4.78, 5) is 0. The van der Waals surface area contributed by atoms with Gasteiger partial charge < -0.3 is 14.2 Å². The summed E-state index contributed by atoms with van der Waals surface area (Å²) in [6.45, 7) is 10.8. The van der Waals surface area contributed by atoms with Crippen LogP contribution >= 0.6 is 12.6 Å². The molecular formula is C22H46O3S. The standard InChI is InChI=1S/C22H46O3S/c1-5-9-13-14-15-16-17-21(26)22(23-18-10-6-2,24-19-11-7-3)25-20-12-8-4/h21,26H,5-20H2,1-4H3. The Balaban J connectivity index is 4.71. The van der Waals surface area contributed by atoms with Gasteiger partial charge in [0.2, 0.25) is 0 Å². The van der Waals surface area contributed by atoms with Crippen LogP contribution in [0.3, 0.4) is 0 Å². The lowest BCUT2D eigenvalue weighted by molar-refractivity contribution is -0.380. The fourth-order valence-corrected chi connectivity index (χ4v) is 3.19. The van der Waals surface area contributed by atoms with Crippen LogP contribution < -0.4 is 0 Å². The summed E-state index contributed by atoms with van der Waals surface area (Å²) in [7, 11) is 0. The zero-order valence-electron chi connectivity index (χ0n) is 18.1. The summed E-state index contributed by atoms with van der Waals surface area (Å²) in [6.07, 6.45) is 15.1. The van der Waals surface area contributed by atoms with Gasteiger partial charge in [-0.3, -0.25) is 0 Å². The number of unbranched alkanes of at least 4 members (excludes halogenated alkanes) is 8. The fraction of sp³-hybridized carbons (Fsp3) is 1.00. The van der Waals surface area contributed by atoms with Gasteiger partial charge in [0.1, 0.15) is 0 Å². The normalized spacial score (nSPS) is 13.3. The van der Waals surface area contributed by atoms with E-state index in [1.165, 1.54) is 32.1 Å². The van der Waals surface area contributed by atoms with E-state index in [0.29, 0.717) is 19.8 Å². The van der Waals surface area contributed by atoms with Crippen LogP contribution in [0.1, 0.15) is 111 Å². The molecule has 0 rings (SSSR count). The average molecular weight is 391 g/mol. The molecule has 0 aromatic heterocycles. The highest BCUT2D eigenvalue weighted by Gasteiger charge is 2.40. The van der Waals surface area contributed by atoms with Crippen LogP contribution in [-0.2, 0) is 14.2 Å². The van der Waals surface area contributed by atoms with E-state index in [4.69, 9.17) is 26.8 Å². The van der Waals surface area contributed by atoms with Gasteiger partial charge >= 0.3 is 0 Å². The molecule has 1 unspecified atom stereocenters. The highest BCUT2D eigenvalue weighted by Crippen LogP contribution is 2.30. The zero-order valence-corrected chi connectivity index (χ0v) is 19.0. The van der Waals surface area contributed by atoms with Crippen molar-refractivity contribution < 1.29 is 14.2 Å². The minimum atomic E-state index is -0.980. The van der Waals surface area contributed by atoms with E-state index >= 15 is 0 Å². The third-order valence-electron chi connectivity index (χ3n) is 4.64. The lowest BCUT2D eigenvalue weighted by atomic mass is 10.1. The van der Waals surface area contributed by atoms with E-state index in [1.807, 2.05) is 0 Å². The highest BCUT2D eigenvalue weighted by molar-refractivity contribution is 7.81. The average Bonchev–Trinajstić information content (AvgIpc) is 2.64. The first-order chi connectivity index (χ1) is 12.7. The van der Waals surface area contributed by atoms with Crippen LogP contribution in [0.2, 0.25) is 0 Å². The Morgan fingerprint density at radius 2 is 0.962 bits per heavy atom. The first-order valence-electron chi connectivity index (χ1n) is 11.3. The monoisotopic (exact) mass is 390 g/mol. The van der Waals surface area contributed by atoms with Gasteiger partial charge in [-0.1, -0.05) is 85.5 Å². The highest BCUT2D eigenvalue weighted by atomic mass is 32.1. The molecular weight excluding hydrogens is 344 g/mol. The van der Waals surface area contributed by atoms with Crippen LogP contribution in [0.15, 0.2) is 0 Å². The Hall–Kier alpha value is 0.230. The van der Waals surface area contributed by atoms with Crippen molar-refractivity contribution >= 4 is 12.6 Å². The molecule has 0 spiro atoms. The van der Waals surface area contributed by atoms with Gasteiger partial charge in [-0.15, -0.1) is 0 Å². The second kappa shape index (κ2) is 18.6. The molecule has 0 N–H and O–H groups in total.